The topological polar surface area (TPSA) is 125 Å². The summed E-state index contributed by atoms with van der Waals surface area (Å²) in [7, 11) is 0. The van der Waals surface area contributed by atoms with Crippen LogP contribution in [0, 0.1) is 55.2 Å². The maximum atomic E-state index is 13.9. The highest BCUT2D eigenvalue weighted by atomic mass is 32.2. The van der Waals surface area contributed by atoms with Gasteiger partial charge in [-0.3, -0.25) is 19.2 Å². The van der Waals surface area contributed by atoms with Crippen molar-refractivity contribution in [2.24, 2.45) is 35.5 Å². The van der Waals surface area contributed by atoms with Gasteiger partial charge in [0.15, 0.2) is 11.6 Å². The Bertz CT molecular complexity index is 3520. The van der Waals surface area contributed by atoms with E-state index in [4.69, 9.17) is 22.7 Å². The molecule has 6 aromatic rings. The number of fused-ring (bicyclic) bond motifs is 3. The molecular formula is C74H77FN6O6S. The van der Waals surface area contributed by atoms with Crippen molar-refractivity contribution in [3.8, 4) is 0 Å². The van der Waals surface area contributed by atoms with E-state index in [1.165, 1.54) is 6.26 Å². The van der Waals surface area contributed by atoms with Gasteiger partial charge >= 0.3 is 0 Å². The molecule has 1 unspecified atom stereocenters. The van der Waals surface area contributed by atoms with E-state index in [2.05, 4.69) is 14.5 Å². The van der Waals surface area contributed by atoms with E-state index in [-0.39, 0.29) is 102 Å². The second-order valence-corrected chi connectivity index (χ2v) is 23.7. The van der Waals surface area contributed by atoms with Crippen molar-refractivity contribution in [3.63, 3.8) is 0 Å². The first-order valence-corrected chi connectivity index (χ1v) is 30.8. The Hall–Kier alpha value is -9.03. The number of rotatable bonds is 9. The van der Waals surface area contributed by atoms with Crippen molar-refractivity contribution < 1.29 is 35.6 Å². The minimum absolute atomic E-state index is 0. The number of hydrogen-bond acceptors (Lipinski definition) is 7. The normalized spacial score (nSPS) is 27.0. The molecule has 0 spiro atoms. The molecule has 14 heteroatoms. The van der Waals surface area contributed by atoms with Crippen LogP contribution in [0.1, 0.15) is 90.2 Å². The highest BCUT2D eigenvalue weighted by Gasteiger charge is 2.62. The number of allylic oxidation sites excluding steroid dienone is 2. The lowest BCUT2D eigenvalue weighted by molar-refractivity contribution is -0.152. The predicted molar refractivity (Wildman–Crippen MR) is 345 cm³/mol. The summed E-state index contributed by atoms with van der Waals surface area (Å²) in [6.45, 7) is 31.6. The van der Waals surface area contributed by atoms with Crippen molar-refractivity contribution >= 4 is 47.2 Å². The minimum Gasteiger partial charge on any atom is -0.338 e. The molecule has 0 N–H and O–H groups in total. The maximum Gasteiger partial charge on any atom is 0.282 e. The molecule has 3 amide bonds. The number of benzene rings is 6. The monoisotopic (exact) mass is 1200 g/mol. The van der Waals surface area contributed by atoms with Gasteiger partial charge in [-0.15, -0.1) is 0 Å². The van der Waals surface area contributed by atoms with Crippen LogP contribution in [0.4, 0.5) is 3.89 Å². The van der Waals surface area contributed by atoms with Gasteiger partial charge in [0.2, 0.25) is 34.9 Å². The van der Waals surface area contributed by atoms with Gasteiger partial charge < -0.3 is 29.1 Å². The van der Waals surface area contributed by atoms with Crippen molar-refractivity contribution in [2.45, 2.75) is 95.8 Å². The molecule has 12 rings (SSSR count). The molecular weight excluding hydrogens is 1120 g/mol. The molecule has 3 aliphatic heterocycles. The largest absolute Gasteiger partial charge is 0.338 e. The lowest BCUT2D eigenvalue weighted by atomic mass is 9.54. The zero-order chi connectivity index (χ0) is 63.9. The molecule has 12 nitrogen and oxygen atoms in total. The summed E-state index contributed by atoms with van der Waals surface area (Å²) in [5.41, 5.74) is 3.38. The third kappa shape index (κ3) is 12.4. The molecule has 88 heavy (non-hydrogen) atoms. The molecule has 4 fully saturated rings. The number of likely N-dealkylation sites (tertiary alicyclic amines) is 3. The Balaban J connectivity index is 0.000000184. The zero-order valence-corrected chi connectivity index (χ0v) is 50.3. The van der Waals surface area contributed by atoms with Crippen molar-refractivity contribution in [2.75, 3.05) is 25.9 Å². The van der Waals surface area contributed by atoms with E-state index in [1.54, 1.807) is 12.2 Å². The van der Waals surface area contributed by atoms with Crippen LogP contribution in [0.3, 0.4) is 0 Å². The molecule has 0 radical (unpaired) electrons. The first-order valence-electron chi connectivity index (χ1n) is 30.7. The maximum absolute atomic E-state index is 13.9. The molecule has 0 aromatic heterocycles. The summed E-state index contributed by atoms with van der Waals surface area (Å²) in [6, 6.07) is 58.2. The standard InChI is InChI=1S/C24H24N2O2.2C24H22N2O2.CH3FS.CH4.H2/c3*1-17-20-13-14-26(16-18-9-5-3-6-10-18)23(28)24(20,15-21(25-2)22(17)27)19-11-7-4-8-12-19;1-3-2;;/h3-12,17,20-21H,13-16H2,1H3;2*3-12,15,17,20H,13-14,16H2,1H3;1H3;1H4;1H/t17-,20-,21?,24+;2*17-,20-,24+;;;/m010.../s1/i;;;;;1+1D. The van der Waals surface area contributed by atoms with E-state index < -0.39 is 22.3 Å². The number of carbonyl (C=O) groups excluding carboxylic acids is 6. The van der Waals surface area contributed by atoms with E-state index in [9.17, 15) is 32.7 Å². The van der Waals surface area contributed by atoms with Crippen molar-refractivity contribution in [3.05, 3.63) is 273 Å². The van der Waals surface area contributed by atoms with Gasteiger partial charge in [0.25, 0.3) is 6.04 Å². The van der Waals surface area contributed by atoms with Crippen molar-refractivity contribution in [1.29, 1.82) is 0 Å². The summed E-state index contributed by atoms with van der Waals surface area (Å²) < 4.78 is 20.2. The molecule has 3 aliphatic carbocycles. The first-order chi connectivity index (χ1) is 43.1. The average molecular weight is 1200 g/mol. The highest BCUT2D eigenvalue weighted by molar-refractivity contribution is 7.93. The van der Waals surface area contributed by atoms with Gasteiger partial charge in [-0.25, -0.2) is 16.3 Å². The number of amides is 3. The SMILES string of the molecule is C.CSF.[2H][2H].[C-]#[N+]C1=C[C@@]2(c3ccccc3)C(=O)N(Cc3ccccc3)CC[C@@H]2[C@@H](C)C1=O.[C-]#[N+]C1=C[C@]2(c3ccccc3)C(=O)N(Cc3ccccc3)CC[C@H]2[C@H](C)C1=O.[C-]#[N+]C1C[C@]2(c3ccccc3)C(=O)N(Cc3ccccc3)CC[C@H]2[C@H](C)C1=O. The van der Waals surface area contributed by atoms with Gasteiger partial charge in [0.1, 0.15) is 0 Å². The fourth-order valence-corrected chi connectivity index (χ4v) is 14.6. The van der Waals surface area contributed by atoms with Gasteiger partial charge in [-0.05, 0) is 70.4 Å². The van der Waals surface area contributed by atoms with E-state index in [1.807, 2.05) is 217 Å². The molecule has 3 heterocycles. The Morgan fingerprint density at radius 1 is 0.489 bits per heavy atom. The van der Waals surface area contributed by atoms with E-state index >= 15 is 0 Å². The third-order valence-electron chi connectivity index (χ3n) is 18.9. The molecule has 1 saturated carbocycles. The van der Waals surface area contributed by atoms with Crippen LogP contribution in [0.2, 0.25) is 0 Å². The number of nitrogens with zero attached hydrogens (tertiary/aromatic N) is 6. The molecule has 6 aromatic carbocycles. The predicted octanol–water partition coefficient (Wildman–Crippen LogP) is 14.0. The Morgan fingerprint density at radius 2 is 0.795 bits per heavy atom. The van der Waals surface area contributed by atoms with Gasteiger partial charge in [0.05, 0.1) is 29.4 Å². The fraction of sp³-hybridized carbons (Fsp3) is 0.338. The molecule has 0 bridgehead atoms. The second kappa shape index (κ2) is 28.7. The number of Topliss-reactive ketones (excluding diaryl/α,β-unsaturated/α-hetero) is 3. The number of piperidine rings is 3. The van der Waals surface area contributed by atoms with Crippen LogP contribution in [-0.2, 0) is 64.6 Å². The lowest BCUT2D eigenvalue weighted by Gasteiger charge is -2.51. The molecule has 3 saturated heterocycles. The molecule has 452 valence electrons. The minimum atomic E-state index is -0.957. The Kier molecular flexibility index (Phi) is 20.7. The summed E-state index contributed by atoms with van der Waals surface area (Å²) >= 11 is 0.250. The summed E-state index contributed by atoms with van der Waals surface area (Å²) in [5.74, 6) is -1.56. The summed E-state index contributed by atoms with van der Waals surface area (Å²) in [6.07, 6.45) is 7.23. The van der Waals surface area contributed by atoms with E-state index in [0.29, 0.717) is 45.7 Å². The number of hydrogen-bond donors (Lipinski definition) is 0. The van der Waals surface area contributed by atoms with Crippen LogP contribution in [0.5, 0.6) is 0 Å². The highest BCUT2D eigenvalue weighted by Crippen LogP contribution is 2.53. The quantitative estimate of drug-likeness (QED) is 0.132. The fourth-order valence-electron chi connectivity index (χ4n) is 14.6. The Labute approximate surface area is 525 Å². The zero-order valence-electron chi connectivity index (χ0n) is 51.5. The number of halogens is 1. The molecule has 10 atom stereocenters. The van der Waals surface area contributed by atoms with Crippen LogP contribution in [-0.4, -0.2) is 81.7 Å². The van der Waals surface area contributed by atoms with Gasteiger partial charge in [0, 0.05) is 84.8 Å². The van der Waals surface area contributed by atoms with E-state index in [0.717, 1.165) is 52.6 Å². The number of ketones is 3. The van der Waals surface area contributed by atoms with Crippen molar-refractivity contribution in [1.82, 2.24) is 14.7 Å². The average Bonchev–Trinajstić information content (AvgIpc) is 0.755. The summed E-state index contributed by atoms with van der Waals surface area (Å²) in [4.78, 5) is 95.9. The lowest BCUT2D eigenvalue weighted by Crippen LogP contribution is -2.62. The number of carbonyl (C=O) groups is 6. The van der Waals surface area contributed by atoms with Gasteiger partial charge in [-0.2, -0.15) is 3.89 Å². The van der Waals surface area contributed by atoms with Crippen LogP contribution in [0.15, 0.2) is 206 Å². The molecule has 6 aliphatic rings. The smallest absolute Gasteiger partial charge is 0.282 e. The third-order valence-corrected chi connectivity index (χ3v) is 18.9. The van der Waals surface area contributed by atoms with Crippen LogP contribution >= 0.6 is 12.1 Å². The second-order valence-electron chi connectivity index (χ2n) is 23.4. The Morgan fingerprint density at radius 3 is 1.12 bits per heavy atom. The summed E-state index contributed by atoms with van der Waals surface area (Å²) in [5, 5.41) is 0. The van der Waals surface area contributed by atoms with Crippen LogP contribution < -0.4 is 0 Å². The van der Waals surface area contributed by atoms with Gasteiger partial charge in [-0.1, -0.05) is 222 Å². The first kappa shape index (κ1) is 63.5. The van der Waals surface area contributed by atoms with Crippen LogP contribution in [0.25, 0.3) is 14.5 Å².